The van der Waals surface area contributed by atoms with E-state index in [0.717, 1.165) is 19.6 Å². The Balaban J connectivity index is 1.82. The highest BCUT2D eigenvalue weighted by Crippen LogP contribution is 2.11. The van der Waals surface area contributed by atoms with Gasteiger partial charge in [0, 0.05) is 26.7 Å². The number of halogens is 1. The van der Waals surface area contributed by atoms with Crippen molar-refractivity contribution in [2.45, 2.75) is 6.54 Å². The minimum atomic E-state index is -0.252. The lowest BCUT2D eigenvalue weighted by molar-refractivity contribution is 0.131. The molecule has 118 valence electrons. The summed E-state index contributed by atoms with van der Waals surface area (Å²) in [6.45, 7) is 3.73. The fourth-order valence-corrected chi connectivity index (χ4v) is 2.16. The van der Waals surface area contributed by atoms with Gasteiger partial charge in [0.25, 0.3) is 0 Å². The van der Waals surface area contributed by atoms with E-state index in [1.54, 1.807) is 19.2 Å². The second-order valence-electron chi connectivity index (χ2n) is 5.06. The molecule has 0 aliphatic rings. The van der Waals surface area contributed by atoms with Gasteiger partial charge in [-0.05, 0) is 29.8 Å². The van der Waals surface area contributed by atoms with Crippen LogP contribution in [0.4, 0.5) is 4.39 Å². The summed E-state index contributed by atoms with van der Waals surface area (Å²) in [7, 11) is 1.70. The SMILES string of the molecule is COCCN(CCOc1ccc(F)cc1)Cc1ccccc1. The average molecular weight is 303 g/mol. The van der Waals surface area contributed by atoms with Crippen LogP contribution < -0.4 is 4.74 Å². The van der Waals surface area contributed by atoms with Crippen molar-refractivity contribution < 1.29 is 13.9 Å². The summed E-state index contributed by atoms with van der Waals surface area (Å²) in [4.78, 5) is 2.28. The molecule has 0 amide bonds. The predicted octanol–water partition coefficient (Wildman–Crippen LogP) is 3.35. The monoisotopic (exact) mass is 303 g/mol. The molecule has 0 spiro atoms. The van der Waals surface area contributed by atoms with Crippen LogP contribution in [0, 0.1) is 5.82 Å². The van der Waals surface area contributed by atoms with Crippen molar-refractivity contribution in [3.63, 3.8) is 0 Å². The molecule has 4 heteroatoms. The van der Waals surface area contributed by atoms with Crippen LogP contribution in [0.25, 0.3) is 0 Å². The van der Waals surface area contributed by atoms with E-state index in [4.69, 9.17) is 9.47 Å². The minimum Gasteiger partial charge on any atom is -0.492 e. The highest BCUT2D eigenvalue weighted by Gasteiger charge is 2.06. The highest BCUT2D eigenvalue weighted by molar-refractivity contribution is 5.22. The number of hydrogen-bond donors (Lipinski definition) is 0. The summed E-state index contributed by atoms with van der Waals surface area (Å²) >= 11 is 0. The lowest BCUT2D eigenvalue weighted by atomic mass is 10.2. The predicted molar refractivity (Wildman–Crippen MR) is 85.5 cm³/mol. The van der Waals surface area contributed by atoms with Gasteiger partial charge in [0.05, 0.1) is 6.61 Å². The van der Waals surface area contributed by atoms with Crippen LogP contribution in [0.3, 0.4) is 0 Å². The summed E-state index contributed by atoms with van der Waals surface area (Å²) in [6.07, 6.45) is 0. The Morgan fingerprint density at radius 3 is 2.27 bits per heavy atom. The molecule has 3 nitrogen and oxygen atoms in total. The zero-order valence-electron chi connectivity index (χ0n) is 12.9. The van der Waals surface area contributed by atoms with Crippen LogP contribution in [-0.2, 0) is 11.3 Å². The van der Waals surface area contributed by atoms with E-state index in [0.29, 0.717) is 19.0 Å². The molecular formula is C18H22FNO2. The van der Waals surface area contributed by atoms with Gasteiger partial charge in [-0.1, -0.05) is 30.3 Å². The maximum Gasteiger partial charge on any atom is 0.123 e. The summed E-state index contributed by atoms with van der Waals surface area (Å²) in [5.74, 6) is 0.436. The maximum absolute atomic E-state index is 12.8. The molecule has 0 saturated heterocycles. The molecule has 0 saturated carbocycles. The van der Waals surface area contributed by atoms with Crippen LogP contribution in [-0.4, -0.2) is 38.3 Å². The Kier molecular flexibility index (Phi) is 6.87. The average Bonchev–Trinajstić information content (AvgIpc) is 2.55. The first-order valence-electron chi connectivity index (χ1n) is 7.41. The van der Waals surface area contributed by atoms with E-state index in [-0.39, 0.29) is 5.82 Å². The quantitative estimate of drug-likeness (QED) is 0.709. The number of nitrogens with zero attached hydrogens (tertiary/aromatic N) is 1. The fraction of sp³-hybridized carbons (Fsp3) is 0.333. The Labute approximate surface area is 131 Å². The number of hydrogen-bond acceptors (Lipinski definition) is 3. The summed E-state index contributed by atoms with van der Waals surface area (Å²) < 4.78 is 23.7. The fourth-order valence-electron chi connectivity index (χ4n) is 2.16. The number of methoxy groups -OCH3 is 1. The molecule has 0 aromatic heterocycles. The van der Waals surface area contributed by atoms with Crippen LogP contribution in [0.5, 0.6) is 5.75 Å². The van der Waals surface area contributed by atoms with Gasteiger partial charge in [0.1, 0.15) is 18.2 Å². The van der Waals surface area contributed by atoms with Crippen molar-refractivity contribution in [3.8, 4) is 5.75 Å². The molecule has 0 radical (unpaired) electrons. The number of rotatable bonds is 9. The van der Waals surface area contributed by atoms with Gasteiger partial charge in [0.2, 0.25) is 0 Å². The maximum atomic E-state index is 12.8. The molecule has 2 aromatic rings. The lowest BCUT2D eigenvalue weighted by Crippen LogP contribution is -2.31. The van der Waals surface area contributed by atoms with Crippen molar-refractivity contribution in [1.29, 1.82) is 0 Å². The van der Waals surface area contributed by atoms with Crippen LogP contribution in [0.2, 0.25) is 0 Å². The molecule has 0 heterocycles. The van der Waals surface area contributed by atoms with Crippen LogP contribution in [0.1, 0.15) is 5.56 Å². The number of ether oxygens (including phenoxy) is 2. The second kappa shape index (κ2) is 9.18. The van der Waals surface area contributed by atoms with Gasteiger partial charge in [-0.2, -0.15) is 0 Å². The first-order valence-corrected chi connectivity index (χ1v) is 7.41. The molecule has 22 heavy (non-hydrogen) atoms. The van der Waals surface area contributed by atoms with E-state index in [1.165, 1.54) is 17.7 Å². The van der Waals surface area contributed by atoms with Crippen molar-refractivity contribution >= 4 is 0 Å². The van der Waals surface area contributed by atoms with E-state index in [2.05, 4.69) is 17.0 Å². The molecular weight excluding hydrogens is 281 g/mol. The Hall–Kier alpha value is -1.91. The molecule has 2 rings (SSSR count). The molecule has 0 aliphatic heterocycles. The summed E-state index contributed by atoms with van der Waals surface area (Å²) in [5, 5.41) is 0. The van der Waals surface area contributed by atoms with Gasteiger partial charge >= 0.3 is 0 Å². The van der Waals surface area contributed by atoms with Crippen molar-refractivity contribution in [2.75, 3.05) is 33.4 Å². The van der Waals surface area contributed by atoms with Gasteiger partial charge < -0.3 is 9.47 Å². The zero-order chi connectivity index (χ0) is 15.6. The third-order valence-corrected chi connectivity index (χ3v) is 3.35. The van der Waals surface area contributed by atoms with E-state index in [1.807, 2.05) is 18.2 Å². The molecule has 0 atom stereocenters. The summed E-state index contributed by atoms with van der Waals surface area (Å²) in [5.41, 5.74) is 1.26. The topological polar surface area (TPSA) is 21.7 Å². The molecule has 0 fully saturated rings. The van der Waals surface area contributed by atoms with E-state index in [9.17, 15) is 4.39 Å². The molecule has 0 aliphatic carbocycles. The van der Waals surface area contributed by atoms with Gasteiger partial charge in [-0.15, -0.1) is 0 Å². The van der Waals surface area contributed by atoms with E-state index < -0.39 is 0 Å². The molecule has 0 unspecified atom stereocenters. The van der Waals surface area contributed by atoms with Gasteiger partial charge in [-0.25, -0.2) is 4.39 Å². The largest absolute Gasteiger partial charge is 0.492 e. The minimum absolute atomic E-state index is 0.252. The smallest absolute Gasteiger partial charge is 0.123 e. The normalized spacial score (nSPS) is 10.9. The van der Waals surface area contributed by atoms with Crippen molar-refractivity contribution in [1.82, 2.24) is 4.90 Å². The Morgan fingerprint density at radius 2 is 1.59 bits per heavy atom. The zero-order valence-corrected chi connectivity index (χ0v) is 12.9. The number of benzene rings is 2. The summed E-state index contributed by atoms with van der Waals surface area (Å²) in [6, 6.07) is 16.4. The third kappa shape index (κ3) is 5.84. The third-order valence-electron chi connectivity index (χ3n) is 3.35. The van der Waals surface area contributed by atoms with Gasteiger partial charge in [0.15, 0.2) is 0 Å². The van der Waals surface area contributed by atoms with Gasteiger partial charge in [-0.3, -0.25) is 4.90 Å². The molecule has 2 aromatic carbocycles. The Morgan fingerprint density at radius 1 is 0.909 bits per heavy atom. The lowest BCUT2D eigenvalue weighted by Gasteiger charge is -2.22. The first-order chi connectivity index (χ1) is 10.8. The van der Waals surface area contributed by atoms with E-state index >= 15 is 0 Å². The molecule has 0 N–H and O–H groups in total. The Bertz CT molecular complexity index is 531. The first kappa shape index (κ1) is 16.5. The highest BCUT2D eigenvalue weighted by atomic mass is 19.1. The van der Waals surface area contributed by atoms with Crippen LogP contribution in [0.15, 0.2) is 54.6 Å². The second-order valence-corrected chi connectivity index (χ2v) is 5.06. The van der Waals surface area contributed by atoms with Crippen molar-refractivity contribution in [3.05, 3.63) is 66.0 Å². The molecule has 0 bridgehead atoms. The van der Waals surface area contributed by atoms with Crippen molar-refractivity contribution in [2.24, 2.45) is 0 Å². The standard InChI is InChI=1S/C18H22FNO2/c1-21-13-11-20(15-16-5-3-2-4-6-16)12-14-22-18-9-7-17(19)8-10-18/h2-10H,11-15H2,1H3. The van der Waals surface area contributed by atoms with Crippen LogP contribution >= 0.6 is 0 Å².